The van der Waals surface area contributed by atoms with E-state index in [1.54, 1.807) is 6.20 Å². The van der Waals surface area contributed by atoms with Crippen molar-refractivity contribution in [3.63, 3.8) is 0 Å². The highest BCUT2D eigenvalue weighted by Crippen LogP contribution is 2.35. The minimum atomic E-state index is -0.249. The standard InChI is InChI=1S/C20H33N3O2/c1-4-17-16(12-21-23(17)13-14(2)3)20(25)22-11-7-9-18(22)15-8-5-6-10-19(15)24/h12,14-15,18-19,24H,4-11,13H2,1-3H3/t15-,18+,19+/m0/s1. The van der Waals surface area contributed by atoms with Crippen LogP contribution in [0, 0.1) is 11.8 Å². The van der Waals surface area contributed by atoms with Crippen molar-refractivity contribution in [2.75, 3.05) is 6.54 Å². The van der Waals surface area contributed by atoms with Crippen LogP contribution < -0.4 is 0 Å². The lowest BCUT2D eigenvalue weighted by molar-refractivity contribution is 0.0211. The zero-order valence-corrected chi connectivity index (χ0v) is 15.9. The van der Waals surface area contributed by atoms with Gasteiger partial charge in [0.1, 0.15) is 0 Å². The number of aromatic nitrogens is 2. The molecule has 0 bridgehead atoms. The zero-order chi connectivity index (χ0) is 18.0. The van der Waals surface area contributed by atoms with Crippen LogP contribution in [0.1, 0.15) is 75.3 Å². The van der Waals surface area contributed by atoms with Crippen LogP contribution in [0.5, 0.6) is 0 Å². The summed E-state index contributed by atoms with van der Waals surface area (Å²) in [6, 6.07) is 0.195. The van der Waals surface area contributed by atoms with Crippen molar-refractivity contribution in [1.29, 1.82) is 0 Å². The zero-order valence-electron chi connectivity index (χ0n) is 15.9. The predicted molar refractivity (Wildman–Crippen MR) is 98.5 cm³/mol. The van der Waals surface area contributed by atoms with Crippen molar-refractivity contribution in [1.82, 2.24) is 14.7 Å². The highest BCUT2D eigenvalue weighted by atomic mass is 16.3. The summed E-state index contributed by atoms with van der Waals surface area (Å²) in [6.45, 7) is 8.09. The molecule has 0 spiro atoms. The first-order chi connectivity index (χ1) is 12.0. The van der Waals surface area contributed by atoms with Gasteiger partial charge >= 0.3 is 0 Å². The van der Waals surface area contributed by atoms with Crippen molar-refractivity contribution < 1.29 is 9.90 Å². The third-order valence-electron chi connectivity index (χ3n) is 5.89. The Hall–Kier alpha value is -1.36. The molecule has 5 heteroatoms. The van der Waals surface area contributed by atoms with Gasteiger partial charge in [-0.2, -0.15) is 5.10 Å². The number of hydrogen-bond acceptors (Lipinski definition) is 3. The lowest BCUT2D eigenvalue weighted by Gasteiger charge is -2.37. The molecule has 140 valence electrons. The first-order valence-electron chi connectivity index (χ1n) is 10.1. The smallest absolute Gasteiger partial charge is 0.257 e. The average Bonchev–Trinajstić information content (AvgIpc) is 3.21. The first kappa shape index (κ1) is 18.4. The molecule has 1 saturated heterocycles. The minimum Gasteiger partial charge on any atom is -0.393 e. The van der Waals surface area contributed by atoms with Crippen molar-refractivity contribution >= 4 is 5.91 Å². The Morgan fingerprint density at radius 2 is 2.04 bits per heavy atom. The molecular formula is C20H33N3O2. The number of aliphatic hydroxyl groups excluding tert-OH is 1. The maximum Gasteiger partial charge on any atom is 0.257 e. The molecule has 25 heavy (non-hydrogen) atoms. The third-order valence-corrected chi connectivity index (χ3v) is 5.89. The number of amides is 1. The summed E-state index contributed by atoms with van der Waals surface area (Å²) < 4.78 is 2.00. The molecule has 2 fully saturated rings. The summed E-state index contributed by atoms with van der Waals surface area (Å²) in [5.74, 6) is 0.869. The quantitative estimate of drug-likeness (QED) is 0.889. The molecule has 0 unspecified atom stereocenters. The van der Waals surface area contributed by atoms with Crippen LogP contribution in [0.2, 0.25) is 0 Å². The summed E-state index contributed by atoms with van der Waals surface area (Å²) in [4.78, 5) is 15.3. The van der Waals surface area contributed by atoms with Gasteiger partial charge in [-0.25, -0.2) is 0 Å². The van der Waals surface area contributed by atoms with Gasteiger partial charge < -0.3 is 10.0 Å². The second-order valence-electron chi connectivity index (χ2n) is 8.16. The lowest BCUT2D eigenvalue weighted by atomic mass is 9.80. The lowest BCUT2D eigenvalue weighted by Crippen LogP contribution is -2.45. The van der Waals surface area contributed by atoms with E-state index in [0.29, 0.717) is 5.92 Å². The topological polar surface area (TPSA) is 58.4 Å². The normalized spacial score (nSPS) is 27.2. The predicted octanol–water partition coefficient (Wildman–Crippen LogP) is 3.26. The molecule has 1 amide bonds. The number of rotatable bonds is 5. The monoisotopic (exact) mass is 347 g/mol. The molecule has 2 aliphatic rings. The van der Waals surface area contributed by atoms with Crippen molar-refractivity contribution in [3.8, 4) is 0 Å². The van der Waals surface area contributed by atoms with Crippen molar-refractivity contribution in [2.24, 2.45) is 11.8 Å². The molecule has 5 nitrogen and oxygen atoms in total. The van der Waals surface area contributed by atoms with E-state index in [1.807, 2.05) is 9.58 Å². The summed E-state index contributed by atoms with van der Waals surface area (Å²) in [5.41, 5.74) is 1.81. The van der Waals surface area contributed by atoms with E-state index in [2.05, 4.69) is 25.9 Å². The third kappa shape index (κ3) is 3.76. The van der Waals surface area contributed by atoms with Gasteiger partial charge in [-0.3, -0.25) is 9.48 Å². The fourth-order valence-electron chi connectivity index (χ4n) is 4.70. The SMILES string of the molecule is CCc1c(C(=O)N2CCC[C@@H]2[C@@H]2CCCC[C@H]2O)cnn1CC(C)C. The highest BCUT2D eigenvalue weighted by molar-refractivity contribution is 5.95. The van der Waals surface area contributed by atoms with Crippen LogP contribution in [0.4, 0.5) is 0 Å². The molecule has 3 rings (SSSR count). The molecule has 3 atom stereocenters. The van der Waals surface area contributed by atoms with Gasteiger partial charge in [-0.1, -0.05) is 33.6 Å². The minimum absolute atomic E-state index is 0.118. The highest BCUT2D eigenvalue weighted by Gasteiger charge is 2.39. The number of carbonyl (C=O) groups excluding carboxylic acids is 1. The summed E-state index contributed by atoms with van der Waals surface area (Å²) in [5, 5.41) is 14.9. The van der Waals surface area contributed by atoms with E-state index in [4.69, 9.17) is 0 Å². The summed E-state index contributed by atoms with van der Waals surface area (Å²) in [7, 11) is 0. The maximum atomic E-state index is 13.3. The van der Waals surface area contributed by atoms with Gasteiger partial charge in [0.15, 0.2) is 0 Å². The van der Waals surface area contributed by atoms with E-state index in [0.717, 1.165) is 62.9 Å². The molecule has 0 radical (unpaired) electrons. The van der Waals surface area contributed by atoms with E-state index in [-0.39, 0.29) is 24.0 Å². The number of aliphatic hydroxyl groups is 1. The Morgan fingerprint density at radius 1 is 1.28 bits per heavy atom. The second kappa shape index (κ2) is 7.90. The Bertz CT molecular complexity index is 596. The molecule has 0 aromatic carbocycles. The van der Waals surface area contributed by atoms with E-state index in [1.165, 1.54) is 6.42 Å². The molecule has 1 aromatic heterocycles. The largest absolute Gasteiger partial charge is 0.393 e. The Labute approximate surface area is 151 Å². The molecule has 1 aromatic rings. The van der Waals surface area contributed by atoms with Gasteiger partial charge in [0, 0.05) is 25.0 Å². The number of likely N-dealkylation sites (tertiary alicyclic amines) is 1. The van der Waals surface area contributed by atoms with E-state index in [9.17, 15) is 9.90 Å². The van der Waals surface area contributed by atoms with Gasteiger partial charge in [-0.05, 0) is 38.0 Å². The Kier molecular flexibility index (Phi) is 5.82. The van der Waals surface area contributed by atoms with E-state index < -0.39 is 0 Å². The molecule has 1 saturated carbocycles. The molecule has 1 N–H and O–H groups in total. The van der Waals surface area contributed by atoms with Gasteiger partial charge in [0.05, 0.1) is 23.6 Å². The summed E-state index contributed by atoms with van der Waals surface area (Å²) >= 11 is 0. The Morgan fingerprint density at radius 3 is 2.72 bits per heavy atom. The van der Waals surface area contributed by atoms with Crippen LogP contribution in [-0.4, -0.2) is 44.4 Å². The molecule has 2 heterocycles. The number of hydrogen-bond donors (Lipinski definition) is 1. The van der Waals surface area contributed by atoms with Crippen LogP contribution >= 0.6 is 0 Å². The van der Waals surface area contributed by atoms with Gasteiger partial charge in [0.2, 0.25) is 0 Å². The van der Waals surface area contributed by atoms with Crippen molar-refractivity contribution in [3.05, 3.63) is 17.5 Å². The average molecular weight is 348 g/mol. The molecular weight excluding hydrogens is 314 g/mol. The maximum absolute atomic E-state index is 13.3. The number of nitrogens with zero attached hydrogens (tertiary/aromatic N) is 3. The first-order valence-corrected chi connectivity index (χ1v) is 10.1. The van der Waals surface area contributed by atoms with Gasteiger partial charge in [-0.15, -0.1) is 0 Å². The van der Waals surface area contributed by atoms with Crippen LogP contribution in [0.15, 0.2) is 6.20 Å². The molecule has 1 aliphatic heterocycles. The van der Waals surface area contributed by atoms with Crippen LogP contribution in [0.3, 0.4) is 0 Å². The fourth-order valence-corrected chi connectivity index (χ4v) is 4.70. The summed E-state index contributed by atoms with van der Waals surface area (Å²) in [6.07, 6.45) is 8.61. The Balaban J connectivity index is 1.81. The second-order valence-corrected chi connectivity index (χ2v) is 8.16. The number of carbonyl (C=O) groups is 1. The van der Waals surface area contributed by atoms with E-state index >= 15 is 0 Å². The fraction of sp³-hybridized carbons (Fsp3) is 0.800. The van der Waals surface area contributed by atoms with Crippen LogP contribution in [0.25, 0.3) is 0 Å². The van der Waals surface area contributed by atoms with Crippen molar-refractivity contribution in [2.45, 2.75) is 84.4 Å². The van der Waals surface area contributed by atoms with Crippen LogP contribution in [-0.2, 0) is 13.0 Å². The van der Waals surface area contributed by atoms with Gasteiger partial charge in [0.25, 0.3) is 5.91 Å². The molecule has 1 aliphatic carbocycles.